The van der Waals surface area contributed by atoms with Crippen molar-refractivity contribution in [2.45, 2.75) is 75.8 Å². The maximum Gasteiger partial charge on any atom is 0.426 e. The number of fused-ring (bicyclic) bond motifs is 2. The van der Waals surface area contributed by atoms with Crippen LogP contribution < -0.4 is 76.3 Å². The molecule has 0 spiro atoms. The second-order valence-corrected chi connectivity index (χ2v) is 21.2. The van der Waals surface area contributed by atoms with E-state index in [1.807, 2.05) is 5.43 Å². The molecule has 0 radical (unpaired) electrons. The van der Waals surface area contributed by atoms with Gasteiger partial charge in [-0.05, 0) is 74.2 Å². The summed E-state index contributed by atoms with van der Waals surface area (Å²) in [6, 6.07) is 6.07. The molecule has 0 bridgehead atoms. The van der Waals surface area contributed by atoms with Gasteiger partial charge in [0.05, 0.1) is 36.9 Å². The minimum absolute atomic E-state index is 0.0113. The first-order valence-corrected chi connectivity index (χ1v) is 28.7. The van der Waals surface area contributed by atoms with Gasteiger partial charge in [0.25, 0.3) is 17.4 Å². The van der Waals surface area contributed by atoms with Crippen LogP contribution >= 0.6 is 21.6 Å². The lowest BCUT2D eigenvalue weighted by atomic mass is 10.1. The highest BCUT2D eigenvalue weighted by molar-refractivity contribution is 8.76. The van der Waals surface area contributed by atoms with Gasteiger partial charge in [0.15, 0.2) is 33.8 Å². The molecule has 38 heteroatoms. The molecule has 22 N–H and O–H groups in total. The largest absolute Gasteiger partial charge is 0.480 e. The number of hydrazine groups is 1. The average molecular weight is 1260 g/mol. The van der Waals surface area contributed by atoms with Crippen LogP contribution in [0.4, 0.5) is 28.1 Å². The summed E-state index contributed by atoms with van der Waals surface area (Å²) < 4.78 is 5.00. The molecule has 0 aliphatic carbocycles. The van der Waals surface area contributed by atoms with Crippen molar-refractivity contribution in [2.24, 2.45) is 5.73 Å². The van der Waals surface area contributed by atoms with Crippen LogP contribution in [0.3, 0.4) is 0 Å². The van der Waals surface area contributed by atoms with Crippen LogP contribution in [0.1, 0.15) is 70.6 Å². The number of nitrogens with two attached hydrogens (primary N) is 3. The van der Waals surface area contributed by atoms with Gasteiger partial charge in [-0.15, -0.1) is 0 Å². The number of nitrogens with one attached hydrogen (secondary N) is 13. The highest BCUT2D eigenvalue weighted by Gasteiger charge is 2.29. The lowest BCUT2D eigenvalue weighted by Crippen LogP contribution is -2.52. The Balaban J connectivity index is 0.869. The number of nitrogen functional groups attached to an aromatic ring is 2. The second-order valence-electron chi connectivity index (χ2n) is 18.6. The van der Waals surface area contributed by atoms with E-state index in [9.17, 15) is 63.3 Å². The number of hydrogen-bond donors (Lipinski definition) is 19. The first kappa shape index (κ1) is 66.2. The summed E-state index contributed by atoms with van der Waals surface area (Å²) in [4.78, 5) is 156. The average Bonchev–Trinajstić information content (AvgIpc) is 3.70. The standard InChI is InChI=1S/C50H60N22O14S2/c51-37-35-38(68-48(54)67-37)59-20-27(61-35)18-57-25-7-3-24(4-8-25)41(76)65-31(45(81)82)12-14-34(74)71-72-50(85)86-16-17-87-88-22-32(46(83)84)66-42(77)29(2-1-15-56-47(52)53)63-33(73)13-11-30(44(79)80)64-40(75)23-5-9-26(10-6-23)58-19-28-21-60-39-36(62-28)43(78)70-49(55)69-39/h3-10,20-21,29-32,57-58H,1-2,11-19,22H2,(H,63,73)(H,64,75)(H,65,76)(H,66,77)(H,71,74)(H,72,85)(H,79,80)(H,81,82)(H,83,84)(H4,52,53,56)(H4,51,54,59,67,68)(H3,55,60,69,70,78)/t29-,30-,31+,32-/m1/s1. The Morgan fingerprint density at radius 1 is 0.625 bits per heavy atom. The SMILES string of the molecule is N=C(N)NCCC[C@@H](NC(=O)CC[C@@H](NC(=O)c1ccc(NCc2cnc3nc(N)[nH]c(=O)c3n2)cc1)C(=O)O)C(=O)N[C@H](CSSCCOC(=O)NNC(=O)CC[C@H](NC(=O)c1ccc(NCc2cnc3nc(N)[nH]c(=N)c3n2)cc1)C(=O)O)C(=O)O. The van der Waals surface area contributed by atoms with Gasteiger partial charge >= 0.3 is 24.0 Å². The van der Waals surface area contributed by atoms with E-state index >= 15 is 0 Å². The number of guanidine groups is 1. The van der Waals surface area contributed by atoms with Gasteiger partial charge in [-0.1, -0.05) is 21.6 Å². The number of anilines is 4. The van der Waals surface area contributed by atoms with Crippen molar-refractivity contribution in [3.05, 3.63) is 99.3 Å². The van der Waals surface area contributed by atoms with E-state index in [0.717, 1.165) is 21.6 Å². The Kier molecular flexibility index (Phi) is 24.4. The smallest absolute Gasteiger partial charge is 0.426 e. The van der Waals surface area contributed by atoms with Gasteiger partial charge in [-0.3, -0.25) is 50.0 Å². The predicted molar refractivity (Wildman–Crippen MR) is 316 cm³/mol. The number of amides is 6. The van der Waals surface area contributed by atoms with E-state index in [-0.39, 0.29) is 114 Å². The van der Waals surface area contributed by atoms with E-state index in [1.165, 1.54) is 48.8 Å². The zero-order valence-electron chi connectivity index (χ0n) is 46.1. The minimum Gasteiger partial charge on any atom is -0.480 e. The molecule has 4 aromatic heterocycles. The van der Waals surface area contributed by atoms with E-state index in [2.05, 4.69) is 82.5 Å². The van der Waals surface area contributed by atoms with Crippen molar-refractivity contribution in [3.8, 4) is 0 Å². The molecular formula is C50H60N22O14S2. The summed E-state index contributed by atoms with van der Waals surface area (Å²) in [6.45, 7) is 0.189. The number of carboxylic acids is 3. The number of aliphatic carboxylic acids is 3. The summed E-state index contributed by atoms with van der Waals surface area (Å²) in [5.41, 5.74) is 22.6. The molecule has 0 aliphatic rings. The summed E-state index contributed by atoms with van der Waals surface area (Å²) in [7, 11) is 2.05. The fourth-order valence-corrected chi connectivity index (χ4v) is 9.61. The molecule has 4 atom stereocenters. The zero-order valence-corrected chi connectivity index (χ0v) is 47.8. The van der Waals surface area contributed by atoms with Gasteiger partial charge in [0.1, 0.15) is 30.8 Å². The molecule has 6 aromatic rings. The number of rotatable bonds is 32. The molecule has 88 heavy (non-hydrogen) atoms. The van der Waals surface area contributed by atoms with Crippen LogP contribution in [0.2, 0.25) is 0 Å². The van der Waals surface area contributed by atoms with Crippen LogP contribution in [0.15, 0.2) is 65.7 Å². The first-order valence-electron chi connectivity index (χ1n) is 26.2. The Labute approximate surface area is 503 Å². The maximum atomic E-state index is 13.5. The van der Waals surface area contributed by atoms with E-state index in [1.54, 1.807) is 12.1 Å². The molecule has 6 amide bonds. The maximum absolute atomic E-state index is 13.5. The number of carboxylic acid groups (broad SMARTS) is 3. The molecule has 36 nitrogen and oxygen atoms in total. The molecule has 4 heterocycles. The van der Waals surface area contributed by atoms with Crippen molar-refractivity contribution in [1.82, 2.24) is 77.3 Å². The Bertz CT molecular complexity index is 3670. The minimum atomic E-state index is -1.55. The van der Waals surface area contributed by atoms with E-state index < -0.39 is 103 Å². The van der Waals surface area contributed by atoms with Gasteiger partial charge in [-0.25, -0.2) is 44.5 Å². The summed E-state index contributed by atoms with van der Waals surface area (Å²) in [5, 5.41) is 63.2. The predicted octanol–water partition coefficient (Wildman–Crippen LogP) is -1.67. The van der Waals surface area contributed by atoms with E-state index in [0.29, 0.717) is 22.8 Å². The van der Waals surface area contributed by atoms with Crippen LogP contribution in [0.5, 0.6) is 0 Å². The van der Waals surface area contributed by atoms with Crippen molar-refractivity contribution >= 4 is 127 Å². The van der Waals surface area contributed by atoms with Gasteiger partial charge < -0.3 is 79.5 Å². The summed E-state index contributed by atoms with van der Waals surface area (Å²) >= 11 is 0. The fourth-order valence-electron chi connectivity index (χ4n) is 7.63. The normalized spacial score (nSPS) is 12.2. The molecule has 0 aliphatic heterocycles. The number of aromatic nitrogens is 8. The quantitative estimate of drug-likeness (QED) is 0.00738. The van der Waals surface area contributed by atoms with Crippen molar-refractivity contribution in [2.75, 3.05) is 46.8 Å². The van der Waals surface area contributed by atoms with Crippen molar-refractivity contribution < 1.29 is 63.2 Å². The molecule has 0 saturated heterocycles. The van der Waals surface area contributed by atoms with Crippen LogP contribution in [0, 0.1) is 10.8 Å². The number of ether oxygens (including phenoxy) is 1. The zero-order chi connectivity index (χ0) is 63.9. The Hall–Kier alpha value is -10.9. The van der Waals surface area contributed by atoms with Gasteiger partial charge in [-0.2, -0.15) is 9.97 Å². The molecule has 0 fully saturated rings. The van der Waals surface area contributed by atoms with Crippen molar-refractivity contribution in [1.29, 1.82) is 10.8 Å². The number of aromatic amines is 2. The topological polar surface area (TPSA) is 584 Å². The van der Waals surface area contributed by atoms with Gasteiger partial charge in [0, 0.05) is 53.4 Å². The number of carbonyl (C=O) groups excluding carboxylic acids is 6. The molecule has 0 unspecified atom stereocenters. The van der Waals surface area contributed by atoms with Gasteiger partial charge in [0.2, 0.25) is 29.6 Å². The van der Waals surface area contributed by atoms with Crippen LogP contribution in [-0.2, 0) is 46.6 Å². The molecule has 6 rings (SSSR count). The first-order chi connectivity index (χ1) is 42.0. The molecule has 2 aromatic carbocycles. The Morgan fingerprint density at radius 2 is 1.15 bits per heavy atom. The monoisotopic (exact) mass is 1260 g/mol. The fraction of sp³-hybridized carbons (Fsp3) is 0.320. The highest BCUT2D eigenvalue weighted by Crippen LogP contribution is 2.22. The number of benzene rings is 2. The van der Waals surface area contributed by atoms with Crippen LogP contribution in [-0.4, -0.2) is 164 Å². The number of H-pyrrole nitrogens is 2. The number of nitrogens with zero attached hydrogens (tertiary/aromatic N) is 6. The molecule has 466 valence electrons. The third kappa shape index (κ3) is 21.0. The summed E-state index contributed by atoms with van der Waals surface area (Å²) in [5.74, 6) is -8.91. The number of hydrogen-bond acceptors (Lipinski definition) is 25. The second kappa shape index (κ2) is 32.4. The summed E-state index contributed by atoms with van der Waals surface area (Å²) in [6.07, 6.45) is 0.158. The van der Waals surface area contributed by atoms with Crippen LogP contribution in [0.25, 0.3) is 22.3 Å². The number of carbonyl (C=O) groups is 9. The lowest BCUT2D eigenvalue weighted by molar-refractivity contribution is -0.141. The molecule has 0 saturated carbocycles. The Morgan fingerprint density at radius 3 is 1.69 bits per heavy atom. The highest BCUT2D eigenvalue weighted by atomic mass is 33.1. The molecular weight excluding hydrogens is 1200 g/mol. The third-order valence-corrected chi connectivity index (χ3v) is 14.4. The third-order valence-electron chi connectivity index (χ3n) is 12.0. The lowest BCUT2D eigenvalue weighted by Gasteiger charge is -2.22. The van der Waals surface area contributed by atoms with E-state index in [4.69, 9.17) is 32.8 Å². The van der Waals surface area contributed by atoms with Crippen molar-refractivity contribution in [3.63, 3.8) is 0 Å².